The molecule has 8 aromatic carbocycles. The van der Waals surface area contributed by atoms with Crippen LogP contribution in [0.25, 0.3) is 110 Å². The molecule has 11 aromatic rings. The zero-order valence-corrected chi connectivity index (χ0v) is 30.4. The standard InChI is InChI=1S/C53H33N3/c1-4-13-34(14-5-1)46-33-50(36-17-8-3-9-18-36)54-49-32-29-43-40(21-12-22-45(43)51(46)49)42-27-28-44(41-20-11-10-19-39(41)42)48-31-26-38-24-23-37-25-30-47(35-15-6-2-7-16-35)55-52(37)53(38)56-48/h1-33H. The molecular formula is C53H33N3. The Hall–Kier alpha value is -7.49. The van der Waals surface area contributed by atoms with Gasteiger partial charge in [0.2, 0.25) is 0 Å². The van der Waals surface area contributed by atoms with Gasteiger partial charge in [0.1, 0.15) is 0 Å². The summed E-state index contributed by atoms with van der Waals surface area (Å²) in [6.45, 7) is 0. The molecule has 0 atom stereocenters. The second kappa shape index (κ2) is 13.1. The van der Waals surface area contributed by atoms with Gasteiger partial charge in [-0.2, -0.15) is 0 Å². The second-order valence-electron chi connectivity index (χ2n) is 14.3. The smallest absolute Gasteiger partial charge is 0.0972 e. The molecule has 0 aliphatic rings. The average molecular weight is 712 g/mol. The number of nitrogens with zero attached hydrogens (tertiary/aromatic N) is 3. The molecule has 3 nitrogen and oxygen atoms in total. The molecule has 0 spiro atoms. The first-order valence-corrected chi connectivity index (χ1v) is 19.0. The van der Waals surface area contributed by atoms with Gasteiger partial charge in [-0.05, 0) is 68.1 Å². The molecule has 3 heterocycles. The molecule has 0 radical (unpaired) electrons. The highest BCUT2D eigenvalue weighted by Gasteiger charge is 2.17. The maximum absolute atomic E-state index is 5.34. The number of aromatic nitrogens is 3. The lowest BCUT2D eigenvalue weighted by molar-refractivity contribution is 1.37. The number of rotatable bonds is 5. The molecule has 0 aliphatic heterocycles. The summed E-state index contributed by atoms with van der Waals surface area (Å²) in [5.74, 6) is 0. The maximum Gasteiger partial charge on any atom is 0.0972 e. The van der Waals surface area contributed by atoms with Gasteiger partial charge in [-0.1, -0.05) is 176 Å². The fourth-order valence-electron chi connectivity index (χ4n) is 8.38. The van der Waals surface area contributed by atoms with E-state index >= 15 is 0 Å². The van der Waals surface area contributed by atoms with E-state index in [0.717, 1.165) is 71.9 Å². The van der Waals surface area contributed by atoms with Crippen LogP contribution in [0.5, 0.6) is 0 Å². The molecule has 260 valence electrons. The Balaban J connectivity index is 1.09. The highest BCUT2D eigenvalue weighted by atomic mass is 14.8. The van der Waals surface area contributed by atoms with E-state index < -0.39 is 0 Å². The molecule has 0 bridgehead atoms. The third kappa shape index (κ3) is 5.32. The molecule has 0 amide bonds. The van der Waals surface area contributed by atoms with Crippen LogP contribution >= 0.6 is 0 Å². The van der Waals surface area contributed by atoms with Gasteiger partial charge in [-0.15, -0.1) is 0 Å². The summed E-state index contributed by atoms with van der Waals surface area (Å²) in [5.41, 5.74) is 13.7. The van der Waals surface area contributed by atoms with Crippen molar-refractivity contribution in [3.63, 3.8) is 0 Å². The van der Waals surface area contributed by atoms with Crippen molar-refractivity contribution in [1.29, 1.82) is 0 Å². The summed E-state index contributed by atoms with van der Waals surface area (Å²) in [4.78, 5) is 15.7. The molecule has 56 heavy (non-hydrogen) atoms. The van der Waals surface area contributed by atoms with Crippen LogP contribution in [0.15, 0.2) is 200 Å². The van der Waals surface area contributed by atoms with Crippen LogP contribution in [0.2, 0.25) is 0 Å². The van der Waals surface area contributed by atoms with Gasteiger partial charge in [-0.3, -0.25) is 0 Å². The zero-order chi connectivity index (χ0) is 37.0. The molecule has 0 aliphatic carbocycles. The minimum atomic E-state index is 0.908. The highest BCUT2D eigenvalue weighted by molar-refractivity contribution is 6.19. The largest absolute Gasteiger partial charge is 0.248 e. The van der Waals surface area contributed by atoms with Gasteiger partial charge in [-0.25, -0.2) is 15.0 Å². The van der Waals surface area contributed by atoms with Crippen molar-refractivity contribution in [1.82, 2.24) is 15.0 Å². The van der Waals surface area contributed by atoms with E-state index in [1.807, 2.05) is 12.1 Å². The zero-order valence-electron chi connectivity index (χ0n) is 30.4. The Bertz CT molecular complexity index is 3280. The Labute approximate surface area is 324 Å². The first kappa shape index (κ1) is 32.0. The van der Waals surface area contributed by atoms with Crippen molar-refractivity contribution in [2.45, 2.75) is 0 Å². The topological polar surface area (TPSA) is 38.7 Å². The molecule has 0 saturated heterocycles. The van der Waals surface area contributed by atoms with Crippen molar-refractivity contribution in [3.8, 4) is 56.0 Å². The average Bonchev–Trinajstić information content (AvgIpc) is 3.28. The lowest BCUT2D eigenvalue weighted by atomic mass is 9.89. The normalized spacial score (nSPS) is 11.6. The van der Waals surface area contributed by atoms with E-state index in [2.05, 4.69) is 188 Å². The van der Waals surface area contributed by atoms with Crippen LogP contribution < -0.4 is 0 Å². The predicted octanol–water partition coefficient (Wildman–Crippen LogP) is 14.0. The minimum absolute atomic E-state index is 0.908. The van der Waals surface area contributed by atoms with Crippen LogP contribution in [0.4, 0.5) is 0 Å². The third-order valence-corrected chi connectivity index (χ3v) is 11.1. The quantitative estimate of drug-likeness (QED) is 0.167. The highest BCUT2D eigenvalue weighted by Crippen LogP contribution is 2.42. The summed E-state index contributed by atoms with van der Waals surface area (Å²) >= 11 is 0. The Morgan fingerprint density at radius 1 is 0.268 bits per heavy atom. The fourth-order valence-corrected chi connectivity index (χ4v) is 8.38. The maximum atomic E-state index is 5.34. The van der Waals surface area contributed by atoms with Gasteiger partial charge >= 0.3 is 0 Å². The van der Waals surface area contributed by atoms with E-state index in [4.69, 9.17) is 15.0 Å². The fraction of sp³-hybridized carbons (Fsp3) is 0. The van der Waals surface area contributed by atoms with Crippen molar-refractivity contribution >= 4 is 54.3 Å². The minimum Gasteiger partial charge on any atom is -0.248 e. The van der Waals surface area contributed by atoms with Crippen molar-refractivity contribution < 1.29 is 0 Å². The second-order valence-corrected chi connectivity index (χ2v) is 14.3. The first-order valence-electron chi connectivity index (χ1n) is 19.0. The van der Waals surface area contributed by atoms with Crippen LogP contribution in [0.1, 0.15) is 0 Å². The summed E-state index contributed by atoms with van der Waals surface area (Å²) in [5, 5.41) is 8.03. The summed E-state index contributed by atoms with van der Waals surface area (Å²) in [6.07, 6.45) is 0. The molecule has 3 heteroatoms. The number of fused-ring (bicyclic) bond motifs is 7. The van der Waals surface area contributed by atoms with E-state index in [9.17, 15) is 0 Å². The Kier molecular flexibility index (Phi) is 7.49. The van der Waals surface area contributed by atoms with Crippen molar-refractivity contribution in [3.05, 3.63) is 200 Å². The lowest BCUT2D eigenvalue weighted by Crippen LogP contribution is -1.93. The predicted molar refractivity (Wildman–Crippen MR) is 235 cm³/mol. The van der Waals surface area contributed by atoms with Gasteiger partial charge in [0, 0.05) is 32.8 Å². The van der Waals surface area contributed by atoms with Crippen LogP contribution in [-0.4, -0.2) is 15.0 Å². The molecule has 0 unspecified atom stereocenters. The van der Waals surface area contributed by atoms with Crippen LogP contribution in [-0.2, 0) is 0 Å². The summed E-state index contributed by atoms with van der Waals surface area (Å²) in [7, 11) is 0. The molecule has 0 saturated carbocycles. The van der Waals surface area contributed by atoms with Crippen LogP contribution in [0.3, 0.4) is 0 Å². The Morgan fingerprint density at radius 2 is 0.768 bits per heavy atom. The number of pyridine rings is 3. The van der Waals surface area contributed by atoms with E-state index in [1.165, 1.54) is 38.4 Å². The van der Waals surface area contributed by atoms with Gasteiger partial charge in [0.25, 0.3) is 0 Å². The third-order valence-electron chi connectivity index (χ3n) is 11.1. The molecule has 11 rings (SSSR count). The number of hydrogen-bond donors (Lipinski definition) is 0. The van der Waals surface area contributed by atoms with E-state index in [0.29, 0.717) is 0 Å². The summed E-state index contributed by atoms with van der Waals surface area (Å²) < 4.78 is 0. The monoisotopic (exact) mass is 711 g/mol. The molecule has 3 aromatic heterocycles. The van der Waals surface area contributed by atoms with Gasteiger partial charge < -0.3 is 0 Å². The molecule has 0 N–H and O–H groups in total. The van der Waals surface area contributed by atoms with Gasteiger partial charge in [0.05, 0.1) is 33.6 Å². The van der Waals surface area contributed by atoms with E-state index in [-0.39, 0.29) is 0 Å². The number of benzene rings is 8. The molecular weight excluding hydrogens is 679 g/mol. The molecule has 0 fully saturated rings. The summed E-state index contributed by atoms with van der Waals surface area (Å²) in [6, 6.07) is 70.9. The van der Waals surface area contributed by atoms with E-state index in [1.54, 1.807) is 0 Å². The Morgan fingerprint density at radius 3 is 1.46 bits per heavy atom. The van der Waals surface area contributed by atoms with Crippen molar-refractivity contribution in [2.75, 3.05) is 0 Å². The van der Waals surface area contributed by atoms with Gasteiger partial charge in [0.15, 0.2) is 0 Å². The van der Waals surface area contributed by atoms with Crippen LogP contribution in [0, 0.1) is 0 Å². The SMILES string of the molecule is c1ccc(-c2cc(-c3ccccc3)c3c(ccc4c(-c5ccc(-c6ccc7ccc8ccc(-c9ccccc9)nc8c7n6)c6ccccc56)cccc43)n2)cc1. The lowest BCUT2D eigenvalue weighted by Gasteiger charge is -2.16. The van der Waals surface area contributed by atoms with Crippen molar-refractivity contribution in [2.24, 2.45) is 0 Å². The number of hydrogen-bond acceptors (Lipinski definition) is 3. The first-order chi connectivity index (χ1) is 27.8.